The SMILES string of the molecule is CN1C(=O)[C@]2(N=C1N)c1cc(-c3cncc(Cl)c3)ccc1OC1CCOC[C@@H]12. The van der Waals surface area contributed by atoms with Crippen molar-refractivity contribution in [3.63, 3.8) is 0 Å². The number of nitrogens with two attached hydrogens (primary N) is 1. The maximum atomic E-state index is 13.4. The van der Waals surface area contributed by atoms with Crippen molar-refractivity contribution in [3.8, 4) is 16.9 Å². The van der Waals surface area contributed by atoms with Crippen molar-refractivity contribution in [1.29, 1.82) is 0 Å². The Morgan fingerprint density at radius 2 is 2.14 bits per heavy atom. The van der Waals surface area contributed by atoms with Crippen LogP contribution in [0, 0.1) is 5.92 Å². The largest absolute Gasteiger partial charge is 0.489 e. The Hall–Kier alpha value is -2.64. The number of aromatic nitrogens is 1. The molecule has 3 atom stereocenters. The molecule has 4 heterocycles. The normalized spacial score (nSPS) is 28.6. The van der Waals surface area contributed by atoms with Crippen LogP contribution < -0.4 is 10.5 Å². The maximum absolute atomic E-state index is 13.4. The zero-order valence-electron chi connectivity index (χ0n) is 15.3. The molecule has 1 fully saturated rings. The number of amides is 1. The first-order valence-electron chi connectivity index (χ1n) is 9.14. The molecule has 1 aromatic carbocycles. The zero-order valence-corrected chi connectivity index (χ0v) is 16.0. The molecule has 0 bridgehead atoms. The van der Waals surface area contributed by atoms with Crippen molar-refractivity contribution in [2.24, 2.45) is 16.6 Å². The molecule has 1 spiro atoms. The van der Waals surface area contributed by atoms with E-state index in [9.17, 15) is 4.79 Å². The first kappa shape index (κ1) is 17.5. The van der Waals surface area contributed by atoms with Gasteiger partial charge in [-0.25, -0.2) is 4.99 Å². The summed E-state index contributed by atoms with van der Waals surface area (Å²) in [6.07, 6.45) is 3.87. The summed E-state index contributed by atoms with van der Waals surface area (Å²) in [5, 5.41) is 0.542. The van der Waals surface area contributed by atoms with Crippen molar-refractivity contribution >= 4 is 23.5 Å². The quantitative estimate of drug-likeness (QED) is 0.795. The van der Waals surface area contributed by atoms with E-state index >= 15 is 0 Å². The predicted octanol–water partition coefficient (Wildman–Crippen LogP) is 2.18. The molecule has 0 aliphatic carbocycles. The molecule has 2 N–H and O–H groups in total. The number of fused-ring (bicyclic) bond motifs is 4. The van der Waals surface area contributed by atoms with Crippen molar-refractivity contribution in [3.05, 3.63) is 47.2 Å². The highest BCUT2D eigenvalue weighted by Gasteiger charge is 2.60. The molecular weight excluding hydrogens is 380 g/mol. The molecule has 3 aliphatic rings. The summed E-state index contributed by atoms with van der Waals surface area (Å²) in [7, 11) is 1.65. The number of likely N-dealkylation sites (N-methyl/N-ethyl adjacent to an activating group) is 1. The third-order valence-electron chi connectivity index (χ3n) is 5.80. The number of benzene rings is 1. The number of pyridine rings is 1. The molecule has 1 amide bonds. The lowest BCUT2D eigenvalue weighted by atomic mass is 9.71. The van der Waals surface area contributed by atoms with Gasteiger partial charge < -0.3 is 15.2 Å². The summed E-state index contributed by atoms with van der Waals surface area (Å²) in [5.41, 5.74) is 7.36. The zero-order chi connectivity index (χ0) is 19.5. The minimum atomic E-state index is -1.14. The lowest BCUT2D eigenvalue weighted by molar-refractivity contribution is -0.141. The minimum Gasteiger partial charge on any atom is -0.489 e. The second-order valence-corrected chi connectivity index (χ2v) is 7.77. The van der Waals surface area contributed by atoms with Crippen molar-refractivity contribution in [2.45, 2.75) is 18.1 Å². The molecule has 0 saturated carbocycles. The number of nitrogens with zero attached hydrogens (tertiary/aromatic N) is 3. The third-order valence-corrected chi connectivity index (χ3v) is 6.01. The molecule has 3 aliphatic heterocycles. The van der Waals surface area contributed by atoms with Gasteiger partial charge in [-0.05, 0) is 23.8 Å². The Kier molecular flexibility index (Phi) is 3.86. The Bertz CT molecular complexity index is 1010. The fourth-order valence-electron chi connectivity index (χ4n) is 4.37. The summed E-state index contributed by atoms with van der Waals surface area (Å²) in [6.45, 7) is 0.992. The fraction of sp³-hybridized carbons (Fsp3) is 0.350. The van der Waals surface area contributed by atoms with Gasteiger partial charge >= 0.3 is 0 Å². The van der Waals surface area contributed by atoms with Crippen LogP contribution in [0.25, 0.3) is 11.1 Å². The predicted molar refractivity (Wildman–Crippen MR) is 104 cm³/mol. The van der Waals surface area contributed by atoms with Gasteiger partial charge in [0.25, 0.3) is 5.91 Å². The summed E-state index contributed by atoms with van der Waals surface area (Å²) in [6, 6.07) is 7.59. The van der Waals surface area contributed by atoms with E-state index in [4.69, 9.17) is 26.8 Å². The second-order valence-electron chi connectivity index (χ2n) is 7.33. The number of halogens is 1. The van der Waals surface area contributed by atoms with Gasteiger partial charge in [-0.3, -0.25) is 14.7 Å². The Morgan fingerprint density at radius 3 is 2.89 bits per heavy atom. The van der Waals surface area contributed by atoms with Crippen molar-refractivity contribution in [1.82, 2.24) is 9.88 Å². The standard InChI is InChI=1S/C20H19ClN4O3/c1-25-18(26)20(24-19(25)22)14-7-11(12-6-13(21)9-23-8-12)2-3-16(14)28-17-4-5-27-10-15(17)20/h2-3,6-9,15,17H,4-5,10H2,1H3,(H2,22,24)/t15-,17?,20-/m0/s1. The topological polar surface area (TPSA) is 90.0 Å². The number of hydrogen-bond donors (Lipinski definition) is 1. The van der Waals surface area contributed by atoms with Crippen LogP contribution in [0.1, 0.15) is 12.0 Å². The van der Waals surface area contributed by atoms with Gasteiger partial charge in [0.05, 0.1) is 24.2 Å². The highest BCUT2D eigenvalue weighted by atomic mass is 35.5. The number of aliphatic imine (C=N–C) groups is 1. The van der Waals surface area contributed by atoms with E-state index in [2.05, 4.69) is 9.98 Å². The molecular formula is C20H19ClN4O3. The molecule has 5 rings (SSSR count). The van der Waals surface area contributed by atoms with Crippen LogP contribution in [0.2, 0.25) is 5.02 Å². The molecule has 2 aromatic rings. The van der Waals surface area contributed by atoms with E-state index in [0.29, 0.717) is 36.0 Å². The average molecular weight is 399 g/mol. The first-order chi connectivity index (χ1) is 13.5. The van der Waals surface area contributed by atoms with Crippen LogP contribution in [0.4, 0.5) is 0 Å². The van der Waals surface area contributed by atoms with E-state index in [1.54, 1.807) is 19.4 Å². The van der Waals surface area contributed by atoms with E-state index in [-0.39, 0.29) is 23.9 Å². The smallest absolute Gasteiger partial charge is 0.262 e. The Balaban J connectivity index is 1.73. The molecule has 144 valence electrons. The Labute approximate surface area is 167 Å². The summed E-state index contributed by atoms with van der Waals surface area (Å²) < 4.78 is 12.0. The molecule has 28 heavy (non-hydrogen) atoms. The summed E-state index contributed by atoms with van der Waals surface area (Å²) >= 11 is 6.11. The average Bonchev–Trinajstić information content (AvgIpc) is 2.93. The second kappa shape index (κ2) is 6.18. The molecule has 8 heteroatoms. The number of carbonyl (C=O) groups is 1. The summed E-state index contributed by atoms with van der Waals surface area (Å²) in [5.74, 6) is 0.466. The van der Waals surface area contributed by atoms with Crippen LogP contribution >= 0.6 is 11.6 Å². The third kappa shape index (κ3) is 2.36. The van der Waals surface area contributed by atoms with Gasteiger partial charge in [-0.1, -0.05) is 17.7 Å². The molecule has 1 unspecified atom stereocenters. The maximum Gasteiger partial charge on any atom is 0.262 e. The van der Waals surface area contributed by atoms with Gasteiger partial charge in [-0.2, -0.15) is 0 Å². The van der Waals surface area contributed by atoms with E-state index < -0.39 is 5.54 Å². The molecule has 0 radical (unpaired) electrons. The van der Waals surface area contributed by atoms with Crippen molar-refractivity contribution < 1.29 is 14.3 Å². The lowest BCUT2D eigenvalue weighted by Gasteiger charge is -2.45. The molecule has 1 saturated heterocycles. The van der Waals surface area contributed by atoms with Crippen LogP contribution in [-0.4, -0.2) is 48.1 Å². The number of carbonyl (C=O) groups excluding carboxylic acids is 1. The molecule has 1 aromatic heterocycles. The highest BCUT2D eigenvalue weighted by molar-refractivity contribution is 6.30. The van der Waals surface area contributed by atoms with E-state index in [1.165, 1.54) is 4.90 Å². The van der Waals surface area contributed by atoms with E-state index in [1.807, 2.05) is 24.3 Å². The fourth-order valence-corrected chi connectivity index (χ4v) is 4.55. The number of rotatable bonds is 1. The monoisotopic (exact) mass is 398 g/mol. The van der Waals surface area contributed by atoms with Gasteiger partial charge in [0, 0.05) is 37.0 Å². The number of ether oxygens (including phenoxy) is 2. The van der Waals surface area contributed by atoms with Crippen LogP contribution in [0.5, 0.6) is 5.75 Å². The van der Waals surface area contributed by atoms with Gasteiger partial charge in [0.1, 0.15) is 11.9 Å². The van der Waals surface area contributed by atoms with Crippen molar-refractivity contribution in [2.75, 3.05) is 20.3 Å². The van der Waals surface area contributed by atoms with Gasteiger partial charge in [0.15, 0.2) is 11.5 Å². The number of hydrogen-bond acceptors (Lipinski definition) is 6. The Morgan fingerprint density at radius 1 is 1.29 bits per heavy atom. The minimum absolute atomic E-state index is 0.146. The van der Waals surface area contributed by atoms with Gasteiger partial charge in [-0.15, -0.1) is 0 Å². The van der Waals surface area contributed by atoms with Crippen LogP contribution in [0.3, 0.4) is 0 Å². The van der Waals surface area contributed by atoms with Gasteiger partial charge in [0.2, 0.25) is 0 Å². The summed E-state index contributed by atoms with van der Waals surface area (Å²) in [4.78, 5) is 23.7. The van der Waals surface area contributed by atoms with Crippen LogP contribution in [-0.2, 0) is 15.1 Å². The first-order valence-corrected chi connectivity index (χ1v) is 9.52. The highest BCUT2D eigenvalue weighted by Crippen LogP contribution is 2.51. The van der Waals surface area contributed by atoms with Crippen LogP contribution in [0.15, 0.2) is 41.7 Å². The molecule has 7 nitrogen and oxygen atoms in total. The lowest BCUT2D eigenvalue weighted by Crippen LogP contribution is -2.56. The number of guanidine groups is 1. The van der Waals surface area contributed by atoms with E-state index in [0.717, 1.165) is 11.1 Å².